The van der Waals surface area contributed by atoms with E-state index in [1.165, 1.54) is 86.8 Å². The first-order valence-corrected chi connectivity index (χ1v) is 23.3. The number of carbonyl (C=O) groups is 5. The molecule has 4 aliphatic rings. The Balaban J connectivity index is 0.000000144. The lowest BCUT2D eigenvalue weighted by Crippen LogP contribution is -2.33. The number of H-pyrrole nitrogens is 2. The van der Waals surface area contributed by atoms with Gasteiger partial charge in [0.2, 0.25) is 0 Å². The highest BCUT2D eigenvalue weighted by atomic mass is 19.1. The normalized spacial score (nSPS) is 23.7. The van der Waals surface area contributed by atoms with Crippen molar-refractivity contribution in [3.63, 3.8) is 0 Å². The van der Waals surface area contributed by atoms with Gasteiger partial charge in [-0.05, 0) is 79.2 Å². The van der Waals surface area contributed by atoms with Crippen molar-refractivity contribution in [2.75, 3.05) is 7.05 Å². The van der Waals surface area contributed by atoms with Crippen molar-refractivity contribution in [1.29, 1.82) is 0 Å². The second-order valence-electron chi connectivity index (χ2n) is 19.3. The van der Waals surface area contributed by atoms with Crippen molar-refractivity contribution in [2.45, 2.75) is 68.5 Å². The predicted octanol–water partition coefficient (Wildman–Crippen LogP) is 6.58. The highest BCUT2D eigenvalue weighted by molar-refractivity contribution is 6.40. The summed E-state index contributed by atoms with van der Waals surface area (Å²) in [5, 5.41) is 55.6. The fraction of sp³-hybridized carbons (Fsp3) is 0.226. The molecule has 2 aliphatic carbocycles. The van der Waals surface area contributed by atoms with Crippen molar-refractivity contribution >= 4 is 117 Å². The molecule has 0 bridgehead atoms. The molecule has 2 amide bonds. The zero-order chi connectivity index (χ0) is 51.8. The topological polar surface area (TPSA) is 250 Å². The van der Waals surface area contributed by atoms with Gasteiger partial charge in [-0.25, -0.2) is 27.2 Å². The zero-order valence-electron chi connectivity index (χ0n) is 38.4. The van der Waals surface area contributed by atoms with Crippen molar-refractivity contribution in [1.82, 2.24) is 24.0 Å². The first-order valence-electron chi connectivity index (χ1n) is 23.3. The van der Waals surface area contributed by atoms with Crippen LogP contribution in [0.3, 0.4) is 0 Å². The molecule has 2 fully saturated rings. The number of hydrogen-bond acceptors (Lipinski definition) is 12. The number of carbonyl (C=O) groups excluding carboxylic acids is 5. The van der Waals surface area contributed by atoms with E-state index in [1.54, 1.807) is 9.13 Å². The van der Waals surface area contributed by atoms with Crippen LogP contribution in [-0.4, -0.2) is 123 Å². The van der Waals surface area contributed by atoms with Crippen LogP contribution < -0.4 is 0 Å². The van der Waals surface area contributed by atoms with Gasteiger partial charge in [-0.2, -0.15) is 0 Å². The molecule has 4 aromatic heterocycles. The number of nitrogens with zero attached hydrogens (tertiary/aromatic N) is 3. The van der Waals surface area contributed by atoms with Crippen LogP contribution in [0.5, 0.6) is 0 Å². The maximum atomic E-state index is 14.7. The second kappa shape index (κ2) is 15.7. The van der Waals surface area contributed by atoms with Gasteiger partial charge in [-0.3, -0.25) is 19.3 Å². The van der Waals surface area contributed by atoms with Gasteiger partial charge in [-0.1, -0.05) is 0 Å². The van der Waals surface area contributed by atoms with Crippen molar-refractivity contribution in [3.05, 3.63) is 118 Å². The molecule has 0 saturated heterocycles. The van der Waals surface area contributed by atoms with E-state index >= 15 is 0 Å². The van der Waals surface area contributed by atoms with Gasteiger partial charge in [0.05, 0.1) is 62.5 Å². The van der Waals surface area contributed by atoms with Crippen LogP contribution in [0.2, 0.25) is 0 Å². The Kier molecular flexibility index (Phi) is 9.65. The molecule has 17 nitrogen and oxygen atoms in total. The number of aromatic nitrogens is 4. The summed E-state index contributed by atoms with van der Waals surface area (Å²) in [5.74, 6) is -5.87. The number of amides is 2. The Labute approximate surface area is 410 Å². The molecule has 6 heterocycles. The van der Waals surface area contributed by atoms with Gasteiger partial charge >= 0.3 is 17.9 Å². The second-order valence-corrected chi connectivity index (χ2v) is 19.3. The van der Waals surface area contributed by atoms with Crippen LogP contribution in [0.25, 0.3) is 87.2 Å². The summed E-state index contributed by atoms with van der Waals surface area (Å²) in [4.78, 5) is 71.7. The van der Waals surface area contributed by atoms with Gasteiger partial charge in [0.15, 0.2) is 0 Å². The average molecular weight is 1010 g/mol. The van der Waals surface area contributed by atoms with E-state index in [1.807, 2.05) is 0 Å². The number of fused-ring (bicyclic) bond motifs is 20. The Morgan fingerprint density at radius 2 is 0.986 bits per heavy atom. The predicted molar refractivity (Wildman–Crippen MR) is 257 cm³/mol. The molecule has 74 heavy (non-hydrogen) atoms. The number of ether oxygens (including phenoxy) is 2. The standard InChI is InChI=1S/C28H21F2N3O6.C25H16F2N2O6/c1-10(34)39-18-9-17(25(35)26(18)36)33-16-6-4-12(30)8-14(16)20-22-21(27(37)32(2)28(22)38)19-13-7-11(29)3-5-15(13)31-23(19)24(20)33;26-8-1-3-12-10(5-8)16-18-19(25(34)35-24(18)33)17-11-6-9(27)2-4-13(11)29(21(17)20(16)28-12)14-7-15(30)23(32)22(14)31/h3-8,17-18,25-26,31,35-36H,9H2,1-2H3;1-6,14-15,22-23,28,30-32H,7H2/t17?,18-,25-,26+;14?,15-,22-,23+/m00/s1. The summed E-state index contributed by atoms with van der Waals surface area (Å²) in [6.07, 6.45) is -7.78. The number of aliphatic hydroxyl groups excluding tert-OH is 5. The maximum Gasteiger partial charge on any atom is 0.347 e. The molecule has 21 heteroatoms. The van der Waals surface area contributed by atoms with Gasteiger partial charge in [0.1, 0.15) is 53.8 Å². The minimum Gasteiger partial charge on any atom is -0.460 e. The molecule has 0 radical (unpaired) electrons. The first kappa shape index (κ1) is 45.6. The maximum absolute atomic E-state index is 14.7. The minimum atomic E-state index is -1.42. The average Bonchev–Trinajstić information content (AvgIpc) is 4.29. The van der Waals surface area contributed by atoms with Crippen LogP contribution in [0.15, 0.2) is 72.8 Å². The van der Waals surface area contributed by atoms with E-state index in [-0.39, 0.29) is 51.3 Å². The van der Waals surface area contributed by atoms with Crippen LogP contribution in [0.4, 0.5) is 17.6 Å². The summed E-state index contributed by atoms with van der Waals surface area (Å²) in [7, 11) is 1.35. The van der Waals surface area contributed by atoms with Crippen LogP contribution in [-0.2, 0) is 14.3 Å². The molecule has 2 aliphatic heterocycles. The minimum absolute atomic E-state index is 0.0185. The largest absolute Gasteiger partial charge is 0.460 e. The quantitative estimate of drug-likeness (QED) is 0.0430. The third-order valence-electron chi connectivity index (χ3n) is 15.3. The number of aliphatic hydroxyl groups is 5. The number of hydrogen-bond donors (Lipinski definition) is 7. The van der Waals surface area contributed by atoms with Crippen LogP contribution in [0, 0.1) is 23.3 Å². The Morgan fingerprint density at radius 1 is 0.568 bits per heavy atom. The van der Waals surface area contributed by atoms with Crippen molar-refractivity contribution < 1.29 is 76.5 Å². The number of imide groups is 1. The molecule has 2 saturated carbocycles. The molecule has 7 N–H and O–H groups in total. The molecule has 10 aromatic rings. The molecular weight excluding hydrogens is 975 g/mol. The molecule has 8 atom stereocenters. The smallest absolute Gasteiger partial charge is 0.347 e. The molecule has 374 valence electrons. The third kappa shape index (κ3) is 6.06. The number of cyclic esters (lactones) is 2. The number of halogens is 4. The number of benzene rings is 6. The summed E-state index contributed by atoms with van der Waals surface area (Å²) < 4.78 is 71.2. The van der Waals surface area contributed by atoms with Gasteiger partial charge in [0.25, 0.3) is 11.8 Å². The van der Waals surface area contributed by atoms with E-state index in [0.29, 0.717) is 71.1 Å². The fourth-order valence-corrected chi connectivity index (χ4v) is 12.2. The van der Waals surface area contributed by atoms with E-state index in [2.05, 4.69) is 9.97 Å². The summed E-state index contributed by atoms with van der Waals surface area (Å²) in [6, 6.07) is 14.2. The molecular formula is C53H37F4N5O12. The molecule has 14 rings (SSSR count). The van der Waals surface area contributed by atoms with Gasteiger partial charge < -0.3 is 54.1 Å². The van der Waals surface area contributed by atoms with Gasteiger partial charge in [-0.15, -0.1) is 0 Å². The number of nitrogens with one attached hydrogen (secondary N) is 2. The lowest BCUT2D eigenvalue weighted by atomic mass is 9.96. The Hall–Kier alpha value is -8.21. The summed E-state index contributed by atoms with van der Waals surface area (Å²) >= 11 is 0. The molecule has 2 unspecified atom stereocenters. The van der Waals surface area contributed by atoms with Crippen molar-refractivity contribution in [3.8, 4) is 0 Å². The number of rotatable bonds is 3. The lowest BCUT2D eigenvalue weighted by molar-refractivity contribution is -0.152. The van der Waals surface area contributed by atoms with Crippen LogP contribution in [0.1, 0.15) is 73.3 Å². The fourth-order valence-electron chi connectivity index (χ4n) is 12.2. The number of esters is 3. The van der Waals surface area contributed by atoms with Crippen LogP contribution >= 0.6 is 0 Å². The summed E-state index contributed by atoms with van der Waals surface area (Å²) in [6.45, 7) is 1.20. The first-order chi connectivity index (χ1) is 35.3. The summed E-state index contributed by atoms with van der Waals surface area (Å²) in [5.41, 5.74) is 3.28. The van der Waals surface area contributed by atoms with Gasteiger partial charge in [0, 0.05) is 85.5 Å². The third-order valence-corrected chi connectivity index (χ3v) is 15.3. The van der Waals surface area contributed by atoms with E-state index in [4.69, 9.17) is 9.47 Å². The van der Waals surface area contributed by atoms with Crippen molar-refractivity contribution in [2.24, 2.45) is 0 Å². The highest BCUT2D eigenvalue weighted by Crippen LogP contribution is 2.50. The SMILES string of the molecule is CC(=O)O[C@H]1CC(n2c3ccc(F)cc3c3c4c(c5c6cc(F)ccc6[nH]c5c32)C(=O)N(C)C4=O)[C@H](O)[C@@H]1O.O=C1OC(=O)c2c1c1c3cc(F)ccc3[nH]c1c1c2c2cc(F)ccc2n1C1C[C@H](O)[C@@H](O)[C@H]1O. The lowest BCUT2D eigenvalue weighted by Gasteiger charge is -2.21. The number of aromatic amines is 2. The van der Waals surface area contributed by atoms with E-state index < -0.39 is 102 Å². The Morgan fingerprint density at radius 3 is 1.47 bits per heavy atom. The monoisotopic (exact) mass is 1010 g/mol. The zero-order valence-corrected chi connectivity index (χ0v) is 38.4. The highest BCUT2D eigenvalue weighted by Gasteiger charge is 2.48. The van der Waals surface area contributed by atoms with E-state index in [0.717, 1.165) is 4.90 Å². The van der Waals surface area contributed by atoms with E-state index in [9.17, 15) is 67.1 Å². The Bertz CT molecular complexity index is 4270. The molecule has 6 aromatic carbocycles. The molecule has 0 spiro atoms.